The molecule has 1 radical (unpaired) electrons. The van der Waals surface area contributed by atoms with Gasteiger partial charge in [-0.3, -0.25) is 9.59 Å². The minimum atomic E-state index is -0.558. The lowest BCUT2D eigenvalue weighted by molar-refractivity contribution is 0.0977. The highest BCUT2D eigenvalue weighted by Crippen LogP contribution is 2.39. The Hall–Kier alpha value is -2.74. The van der Waals surface area contributed by atoms with Gasteiger partial charge in [-0.2, -0.15) is 0 Å². The van der Waals surface area contributed by atoms with Crippen LogP contribution in [0.15, 0.2) is 67.8 Å². The van der Waals surface area contributed by atoms with E-state index in [9.17, 15) is 9.59 Å². The molecule has 0 saturated carbocycles. The topological polar surface area (TPSA) is 34.1 Å². The average Bonchev–Trinajstić information content (AvgIpc) is 2.59. The van der Waals surface area contributed by atoms with Crippen LogP contribution in [-0.2, 0) is 5.41 Å². The van der Waals surface area contributed by atoms with Gasteiger partial charge in [0.2, 0.25) is 0 Å². The second-order valence-electron chi connectivity index (χ2n) is 6.20. The Kier molecular flexibility index (Phi) is 4.06. The van der Waals surface area contributed by atoms with E-state index in [0.29, 0.717) is 35.1 Å². The van der Waals surface area contributed by atoms with Crippen LogP contribution in [0.2, 0.25) is 0 Å². The molecule has 0 aromatic heterocycles. The molecule has 0 atom stereocenters. The Bertz CT molecular complexity index is 848. The van der Waals surface area contributed by atoms with E-state index in [1.807, 2.05) is 12.1 Å². The first-order chi connectivity index (χ1) is 11.5. The molecule has 0 heterocycles. The summed E-state index contributed by atoms with van der Waals surface area (Å²) in [6.45, 7) is 12.0. The van der Waals surface area contributed by atoms with Gasteiger partial charge in [0, 0.05) is 27.7 Å². The summed E-state index contributed by atoms with van der Waals surface area (Å²) in [5.74, 6) is -0.224. The SMILES string of the molecule is [CH2]C(CC=C)(CC=C)c1cccc2c1C(=O)c1ccccc1C2=O. The lowest BCUT2D eigenvalue weighted by atomic mass is 9.70. The zero-order valence-electron chi connectivity index (χ0n) is 13.5. The molecule has 0 spiro atoms. The fraction of sp³-hybridized carbons (Fsp3) is 0.136. The van der Waals surface area contributed by atoms with E-state index in [4.69, 9.17) is 0 Å². The van der Waals surface area contributed by atoms with Crippen LogP contribution in [0.3, 0.4) is 0 Å². The summed E-state index contributed by atoms with van der Waals surface area (Å²) in [6.07, 6.45) is 4.77. The second-order valence-corrected chi connectivity index (χ2v) is 6.20. The molecule has 0 amide bonds. The van der Waals surface area contributed by atoms with Crippen LogP contribution in [0.25, 0.3) is 0 Å². The number of hydrogen-bond donors (Lipinski definition) is 0. The molecule has 2 aromatic carbocycles. The monoisotopic (exact) mass is 315 g/mol. The van der Waals surface area contributed by atoms with E-state index < -0.39 is 5.41 Å². The molecule has 0 unspecified atom stereocenters. The Balaban J connectivity index is 2.27. The summed E-state index contributed by atoms with van der Waals surface area (Å²) in [5.41, 5.74) is 2.08. The van der Waals surface area contributed by atoms with Crippen LogP contribution in [0.5, 0.6) is 0 Å². The molecular formula is C22H19O2. The molecule has 0 fully saturated rings. The van der Waals surface area contributed by atoms with E-state index in [2.05, 4.69) is 20.1 Å². The number of allylic oxidation sites excluding steroid dienone is 2. The Morgan fingerprint density at radius 3 is 1.92 bits per heavy atom. The summed E-state index contributed by atoms with van der Waals surface area (Å²) < 4.78 is 0. The van der Waals surface area contributed by atoms with E-state index in [1.165, 1.54) is 0 Å². The largest absolute Gasteiger partial charge is 0.289 e. The van der Waals surface area contributed by atoms with Crippen molar-refractivity contribution in [1.82, 2.24) is 0 Å². The highest BCUT2D eigenvalue weighted by atomic mass is 16.1. The predicted molar refractivity (Wildman–Crippen MR) is 96.4 cm³/mol. The summed E-state index contributed by atoms with van der Waals surface area (Å²) in [6, 6.07) is 12.4. The van der Waals surface area contributed by atoms with Crippen molar-refractivity contribution in [3.63, 3.8) is 0 Å². The van der Waals surface area contributed by atoms with E-state index in [1.54, 1.807) is 42.5 Å². The van der Waals surface area contributed by atoms with Crippen molar-refractivity contribution in [2.24, 2.45) is 0 Å². The molecule has 0 saturated heterocycles. The highest BCUT2D eigenvalue weighted by Gasteiger charge is 2.36. The first kappa shape index (κ1) is 16.1. The number of fused-ring (bicyclic) bond motifs is 2. The maximum atomic E-state index is 13.1. The maximum absolute atomic E-state index is 13.1. The lowest BCUT2D eigenvalue weighted by Crippen LogP contribution is -2.29. The van der Waals surface area contributed by atoms with Crippen molar-refractivity contribution in [2.45, 2.75) is 18.3 Å². The molecule has 24 heavy (non-hydrogen) atoms. The third-order valence-corrected chi connectivity index (χ3v) is 4.59. The smallest absolute Gasteiger partial charge is 0.194 e. The van der Waals surface area contributed by atoms with Gasteiger partial charge in [0.05, 0.1) is 0 Å². The molecular weight excluding hydrogens is 296 g/mol. The molecule has 0 aliphatic heterocycles. The molecule has 1 aliphatic carbocycles. The summed E-state index contributed by atoms with van der Waals surface area (Å²) >= 11 is 0. The number of carbonyl (C=O) groups excluding carboxylic acids is 2. The third kappa shape index (κ3) is 2.35. The average molecular weight is 315 g/mol. The maximum Gasteiger partial charge on any atom is 0.194 e. The van der Waals surface area contributed by atoms with Gasteiger partial charge >= 0.3 is 0 Å². The third-order valence-electron chi connectivity index (χ3n) is 4.59. The van der Waals surface area contributed by atoms with Gasteiger partial charge in [-0.05, 0) is 25.3 Å². The number of rotatable bonds is 5. The van der Waals surface area contributed by atoms with Gasteiger partial charge in [0.15, 0.2) is 11.6 Å². The fourth-order valence-electron chi connectivity index (χ4n) is 3.44. The normalized spacial score (nSPS) is 13.2. The number of hydrogen-bond acceptors (Lipinski definition) is 2. The fourth-order valence-corrected chi connectivity index (χ4v) is 3.44. The van der Waals surface area contributed by atoms with Gasteiger partial charge in [-0.15, -0.1) is 13.2 Å². The van der Waals surface area contributed by atoms with Gasteiger partial charge in [-0.1, -0.05) is 54.6 Å². The zero-order valence-corrected chi connectivity index (χ0v) is 13.5. The number of ketones is 2. The molecule has 3 rings (SSSR count). The van der Waals surface area contributed by atoms with Crippen LogP contribution in [-0.4, -0.2) is 11.6 Å². The summed E-state index contributed by atoms with van der Waals surface area (Å²) in [7, 11) is 0. The van der Waals surface area contributed by atoms with E-state index in [0.717, 1.165) is 5.56 Å². The zero-order chi connectivity index (χ0) is 17.3. The van der Waals surface area contributed by atoms with Crippen LogP contribution in [0, 0.1) is 6.92 Å². The van der Waals surface area contributed by atoms with Crippen molar-refractivity contribution in [3.05, 3.63) is 103 Å². The number of benzene rings is 2. The molecule has 119 valence electrons. The Labute approximate surface area is 142 Å². The summed E-state index contributed by atoms with van der Waals surface area (Å²) in [4.78, 5) is 25.9. The molecule has 1 aliphatic rings. The number of carbonyl (C=O) groups is 2. The van der Waals surface area contributed by atoms with Crippen LogP contribution in [0.4, 0.5) is 0 Å². The minimum absolute atomic E-state index is 0.110. The van der Waals surface area contributed by atoms with Crippen molar-refractivity contribution < 1.29 is 9.59 Å². The highest BCUT2D eigenvalue weighted by molar-refractivity contribution is 6.29. The molecule has 0 N–H and O–H groups in total. The van der Waals surface area contributed by atoms with E-state index >= 15 is 0 Å². The van der Waals surface area contributed by atoms with Crippen molar-refractivity contribution >= 4 is 11.6 Å². The second kappa shape index (κ2) is 6.04. The molecule has 2 nitrogen and oxygen atoms in total. The van der Waals surface area contributed by atoms with Crippen molar-refractivity contribution in [3.8, 4) is 0 Å². The lowest BCUT2D eigenvalue weighted by Gasteiger charge is -2.32. The molecule has 0 bridgehead atoms. The quantitative estimate of drug-likeness (QED) is 0.640. The molecule has 2 aromatic rings. The summed E-state index contributed by atoms with van der Waals surface area (Å²) in [5, 5.41) is 0. The van der Waals surface area contributed by atoms with Gasteiger partial charge < -0.3 is 0 Å². The van der Waals surface area contributed by atoms with Gasteiger partial charge in [-0.25, -0.2) is 0 Å². The van der Waals surface area contributed by atoms with Gasteiger partial charge in [0.25, 0.3) is 0 Å². The van der Waals surface area contributed by atoms with Crippen molar-refractivity contribution in [2.75, 3.05) is 0 Å². The first-order valence-corrected chi connectivity index (χ1v) is 7.92. The van der Waals surface area contributed by atoms with Crippen molar-refractivity contribution in [1.29, 1.82) is 0 Å². The standard InChI is InChI=1S/C22H19O2/c1-4-13-22(3,14-5-2)18-12-8-11-17-19(18)21(24)16-10-7-6-9-15(16)20(17)23/h4-12H,1-3,13-14H2. The Morgan fingerprint density at radius 1 is 0.792 bits per heavy atom. The van der Waals surface area contributed by atoms with Gasteiger partial charge in [0.1, 0.15) is 0 Å². The van der Waals surface area contributed by atoms with Crippen LogP contribution >= 0.6 is 0 Å². The predicted octanol–water partition coefficient (Wildman–Crippen LogP) is 4.69. The van der Waals surface area contributed by atoms with Crippen LogP contribution in [0.1, 0.15) is 50.2 Å². The first-order valence-electron chi connectivity index (χ1n) is 7.92. The van der Waals surface area contributed by atoms with Crippen LogP contribution < -0.4 is 0 Å². The minimum Gasteiger partial charge on any atom is -0.289 e. The Morgan fingerprint density at radius 2 is 1.33 bits per heavy atom. The molecule has 2 heteroatoms. The van der Waals surface area contributed by atoms with E-state index in [-0.39, 0.29) is 11.6 Å².